The van der Waals surface area contributed by atoms with Gasteiger partial charge in [0.2, 0.25) is 0 Å². The van der Waals surface area contributed by atoms with Crippen molar-refractivity contribution in [2.75, 3.05) is 13.2 Å². The van der Waals surface area contributed by atoms with Crippen LogP contribution in [0.4, 0.5) is 8.78 Å². The van der Waals surface area contributed by atoms with Crippen LogP contribution < -0.4 is 0 Å². The number of hydrogen-bond donors (Lipinski definition) is 0. The van der Waals surface area contributed by atoms with Gasteiger partial charge in [0.05, 0.1) is 13.2 Å². The van der Waals surface area contributed by atoms with Crippen molar-refractivity contribution in [3.63, 3.8) is 0 Å². The van der Waals surface area contributed by atoms with Crippen LogP contribution in [0.5, 0.6) is 0 Å². The molecule has 1 saturated carbocycles. The molecule has 3 nitrogen and oxygen atoms in total. The molecule has 80 valence electrons. The van der Waals surface area contributed by atoms with Gasteiger partial charge < -0.3 is 0 Å². The van der Waals surface area contributed by atoms with Gasteiger partial charge in [0, 0.05) is 6.42 Å². The van der Waals surface area contributed by atoms with Crippen LogP contribution in [0.2, 0.25) is 0 Å². The monoisotopic (exact) mass is 205 g/mol. The van der Waals surface area contributed by atoms with Crippen molar-refractivity contribution in [1.29, 1.82) is 0 Å². The van der Waals surface area contributed by atoms with E-state index in [-0.39, 0.29) is 12.8 Å². The largest absolute Gasteiger partial charge is 0.272 e. The predicted molar refractivity (Wildman–Crippen MR) is 44.6 cm³/mol. The molecule has 1 unspecified atom stereocenters. The molecule has 0 aromatic rings. The molecule has 2 fully saturated rings. The van der Waals surface area contributed by atoms with E-state index in [0.717, 1.165) is 11.5 Å². The van der Waals surface area contributed by atoms with Crippen molar-refractivity contribution >= 4 is 5.91 Å². The highest BCUT2D eigenvalue weighted by atomic mass is 19.3. The van der Waals surface area contributed by atoms with Crippen molar-refractivity contribution in [3.05, 3.63) is 0 Å². The van der Waals surface area contributed by atoms with Crippen LogP contribution in [-0.4, -0.2) is 30.0 Å². The summed E-state index contributed by atoms with van der Waals surface area (Å²) in [6, 6.07) is 0. The molecule has 1 atom stereocenters. The minimum Gasteiger partial charge on any atom is -0.272 e. The summed E-state index contributed by atoms with van der Waals surface area (Å²) in [4.78, 5) is 16.6. The topological polar surface area (TPSA) is 29.5 Å². The smallest absolute Gasteiger partial charge is 0.259 e. The second-order valence-electron chi connectivity index (χ2n) is 3.83. The van der Waals surface area contributed by atoms with Crippen LogP contribution in [0.1, 0.15) is 25.7 Å². The highest BCUT2D eigenvalue weighted by molar-refractivity contribution is 5.79. The van der Waals surface area contributed by atoms with E-state index >= 15 is 0 Å². The molecule has 1 heterocycles. The van der Waals surface area contributed by atoms with E-state index in [2.05, 4.69) is 0 Å². The Bertz CT molecular complexity index is 239. The predicted octanol–water partition coefficient (Wildman–Crippen LogP) is 1.59. The van der Waals surface area contributed by atoms with Gasteiger partial charge in [-0.2, -0.15) is 0 Å². The normalized spacial score (nSPS) is 31.0. The standard InChI is InChI=1S/C9H13F2NO2/c10-9(11)4-1-3-7(9)8(13)12-5-2-6-14-12/h7H,1-6H2. The average Bonchev–Trinajstić information content (AvgIpc) is 2.71. The molecule has 5 heteroatoms. The van der Waals surface area contributed by atoms with E-state index in [4.69, 9.17) is 4.84 Å². The summed E-state index contributed by atoms with van der Waals surface area (Å²) < 4.78 is 26.4. The zero-order chi connectivity index (χ0) is 10.2. The fraction of sp³-hybridized carbons (Fsp3) is 0.889. The molecule has 1 saturated heterocycles. The third-order valence-corrected chi connectivity index (χ3v) is 2.81. The average molecular weight is 205 g/mol. The van der Waals surface area contributed by atoms with Crippen molar-refractivity contribution in [2.45, 2.75) is 31.6 Å². The van der Waals surface area contributed by atoms with Crippen LogP contribution >= 0.6 is 0 Å². The molecular formula is C9H13F2NO2. The summed E-state index contributed by atoms with van der Waals surface area (Å²) in [5, 5.41) is 1.10. The lowest BCUT2D eigenvalue weighted by molar-refractivity contribution is -0.183. The second-order valence-corrected chi connectivity index (χ2v) is 3.83. The molecule has 0 N–H and O–H groups in total. The van der Waals surface area contributed by atoms with E-state index in [1.165, 1.54) is 0 Å². The Hall–Kier alpha value is -0.710. The van der Waals surface area contributed by atoms with Gasteiger partial charge in [-0.1, -0.05) is 0 Å². The minimum absolute atomic E-state index is 0.169. The second kappa shape index (κ2) is 3.46. The third-order valence-electron chi connectivity index (χ3n) is 2.81. The zero-order valence-electron chi connectivity index (χ0n) is 7.84. The summed E-state index contributed by atoms with van der Waals surface area (Å²) in [7, 11) is 0. The molecule has 0 aromatic heterocycles. The zero-order valence-corrected chi connectivity index (χ0v) is 7.84. The first-order chi connectivity index (χ1) is 6.61. The van der Waals surface area contributed by atoms with E-state index in [1.807, 2.05) is 0 Å². The van der Waals surface area contributed by atoms with Gasteiger partial charge in [-0.15, -0.1) is 0 Å². The van der Waals surface area contributed by atoms with Gasteiger partial charge >= 0.3 is 0 Å². The van der Waals surface area contributed by atoms with Gasteiger partial charge in [-0.25, -0.2) is 13.8 Å². The molecule has 1 amide bonds. The highest BCUT2D eigenvalue weighted by Crippen LogP contribution is 2.41. The van der Waals surface area contributed by atoms with Crippen LogP contribution in [0.15, 0.2) is 0 Å². The molecule has 2 rings (SSSR count). The maximum atomic E-state index is 13.2. The van der Waals surface area contributed by atoms with E-state index in [0.29, 0.717) is 19.6 Å². The Morgan fingerprint density at radius 2 is 2.21 bits per heavy atom. The minimum atomic E-state index is -2.83. The fourth-order valence-corrected chi connectivity index (χ4v) is 2.03. The third kappa shape index (κ3) is 1.61. The Kier molecular flexibility index (Phi) is 2.43. The molecule has 1 aliphatic heterocycles. The number of carbonyl (C=O) groups excluding carboxylic acids is 1. The number of hydrogen-bond acceptors (Lipinski definition) is 2. The fourth-order valence-electron chi connectivity index (χ4n) is 2.03. The lowest BCUT2D eigenvalue weighted by Gasteiger charge is -2.22. The Morgan fingerprint density at radius 1 is 1.43 bits per heavy atom. The van der Waals surface area contributed by atoms with E-state index in [1.54, 1.807) is 0 Å². The SMILES string of the molecule is O=C(C1CCCC1(F)F)N1CCCO1. The number of nitrogens with zero attached hydrogens (tertiary/aromatic N) is 1. The Balaban J connectivity index is 2.03. The molecule has 1 aliphatic carbocycles. The van der Waals surface area contributed by atoms with Gasteiger partial charge in [0.25, 0.3) is 11.8 Å². The van der Waals surface area contributed by atoms with Crippen LogP contribution in [0.25, 0.3) is 0 Å². The van der Waals surface area contributed by atoms with E-state index < -0.39 is 17.7 Å². The van der Waals surface area contributed by atoms with Crippen LogP contribution in [0, 0.1) is 5.92 Å². The van der Waals surface area contributed by atoms with Crippen molar-refractivity contribution in [2.24, 2.45) is 5.92 Å². The lowest BCUT2D eigenvalue weighted by Crippen LogP contribution is -2.39. The van der Waals surface area contributed by atoms with Crippen LogP contribution in [-0.2, 0) is 9.63 Å². The first-order valence-electron chi connectivity index (χ1n) is 4.93. The molecular weight excluding hydrogens is 192 g/mol. The lowest BCUT2D eigenvalue weighted by atomic mass is 10.0. The van der Waals surface area contributed by atoms with Gasteiger partial charge in [-0.05, 0) is 19.3 Å². The van der Waals surface area contributed by atoms with Gasteiger partial charge in [0.15, 0.2) is 0 Å². The maximum absolute atomic E-state index is 13.2. The van der Waals surface area contributed by atoms with Gasteiger partial charge in [-0.3, -0.25) is 9.63 Å². The summed E-state index contributed by atoms with van der Waals surface area (Å²) >= 11 is 0. The molecule has 0 bridgehead atoms. The van der Waals surface area contributed by atoms with Crippen molar-refractivity contribution < 1.29 is 18.4 Å². The number of hydroxylamine groups is 2. The Morgan fingerprint density at radius 3 is 2.71 bits per heavy atom. The molecule has 0 spiro atoms. The Labute approximate surface area is 81.0 Å². The first-order valence-corrected chi connectivity index (χ1v) is 4.93. The summed E-state index contributed by atoms with van der Waals surface area (Å²) in [5.41, 5.74) is 0. The van der Waals surface area contributed by atoms with E-state index in [9.17, 15) is 13.6 Å². The number of halogens is 2. The molecule has 14 heavy (non-hydrogen) atoms. The van der Waals surface area contributed by atoms with Crippen LogP contribution in [0.3, 0.4) is 0 Å². The first kappa shape index (κ1) is 9.83. The number of alkyl halides is 2. The summed E-state index contributed by atoms with van der Waals surface area (Å²) in [5.74, 6) is -4.52. The maximum Gasteiger partial charge on any atom is 0.259 e. The number of carbonyl (C=O) groups is 1. The summed E-state index contributed by atoms with van der Waals surface area (Å²) in [6.45, 7) is 0.912. The van der Waals surface area contributed by atoms with Gasteiger partial charge in [0.1, 0.15) is 5.92 Å². The quantitative estimate of drug-likeness (QED) is 0.650. The molecule has 0 radical (unpaired) electrons. The molecule has 0 aromatic carbocycles. The highest BCUT2D eigenvalue weighted by Gasteiger charge is 2.49. The van der Waals surface area contributed by atoms with Crippen molar-refractivity contribution in [1.82, 2.24) is 5.06 Å². The summed E-state index contributed by atoms with van der Waals surface area (Å²) in [6.07, 6.45) is 1.28. The van der Waals surface area contributed by atoms with Crippen molar-refractivity contribution in [3.8, 4) is 0 Å². The number of amides is 1. The number of rotatable bonds is 1. The molecule has 2 aliphatic rings.